The molecule has 0 spiro atoms. The lowest BCUT2D eigenvalue weighted by Crippen LogP contribution is -2.40. The zero-order valence-corrected chi connectivity index (χ0v) is 24.4. The summed E-state index contributed by atoms with van der Waals surface area (Å²) in [6.07, 6.45) is 1.23. The van der Waals surface area contributed by atoms with E-state index < -0.39 is 24.6 Å². The van der Waals surface area contributed by atoms with Gasteiger partial charge in [-0.25, -0.2) is 14.6 Å². The largest absolute Gasteiger partial charge is 0.494 e. The summed E-state index contributed by atoms with van der Waals surface area (Å²) in [5.41, 5.74) is 1.53. The zero-order valence-electron chi connectivity index (χ0n) is 22.1. The molecule has 0 amide bonds. The Balaban J connectivity index is 1.85. The summed E-state index contributed by atoms with van der Waals surface area (Å²) in [5, 5.41) is 9.06. The minimum absolute atomic E-state index is 0.0313. The molecule has 3 aromatic rings. The average Bonchev–Trinajstić information content (AvgIpc) is 3.17. The quantitative estimate of drug-likeness (QED) is 0.361. The smallest absolute Gasteiger partial charge is 0.341 e. The van der Waals surface area contributed by atoms with Gasteiger partial charge >= 0.3 is 11.9 Å². The van der Waals surface area contributed by atoms with Crippen LogP contribution in [-0.4, -0.2) is 40.9 Å². The Labute approximate surface area is 243 Å². The first-order valence-electron chi connectivity index (χ1n) is 12.3. The third-order valence-corrected chi connectivity index (χ3v) is 7.29. The van der Waals surface area contributed by atoms with Gasteiger partial charge in [0.1, 0.15) is 5.75 Å². The molecule has 2 heterocycles. The number of aromatic nitrogens is 1. The minimum atomic E-state index is -1.17. The number of carboxylic acids is 1. The van der Waals surface area contributed by atoms with Gasteiger partial charge in [0.2, 0.25) is 0 Å². The number of ether oxygens (including phenoxy) is 3. The molecule has 1 N–H and O–H groups in total. The van der Waals surface area contributed by atoms with Crippen molar-refractivity contribution in [3.63, 3.8) is 0 Å². The van der Waals surface area contributed by atoms with E-state index in [0.29, 0.717) is 38.5 Å². The molecule has 2 aromatic carbocycles. The Morgan fingerprint density at radius 1 is 1.15 bits per heavy atom. The molecule has 40 heavy (non-hydrogen) atoms. The Morgan fingerprint density at radius 3 is 2.38 bits per heavy atom. The van der Waals surface area contributed by atoms with E-state index in [9.17, 15) is 14.4 Å². The van der Waals surface area contributed by atoms with Crippen molar-refractivity contribution in [2.24, 2.45) is 4.99 Å². The molecule has 12 heteroatoms. The summed E-state index contributed by atoms with van der Waals surface area (Å²) >= 11 is 13.7. The lowest BCUT2D eigenvalue weighted by Gasteiger charge is -2.25. The van der Waals surface area contributed by atoms with Crippen LogP contribution in [0.3, 0.4) is 0 Å². The number of fused-ring (bicyclic) bond motifs is 1. The van der Waals surface area contributed by atoms with E-state index in [2.05, 4.69) is 4.99 Å². The molecule has 1 aliphatic heterocycles. The first-order valence-corrected chi connectivity index (χ1v) is 13.9. The molecule has 1 atom stereocenters. The number of benzene rings is 2. The van der Waals surface area contributed by atoms with Gasteiger partial charge in [0.25, 0.3) is 5.56 Å². The number of rotatable bonds is 9. The van der Waals surface area contributed by atoms with Gasteiger partial charge in [0.15, 0.2) is 17.2 Å². The number of halogens is 2. The van der Waals surface area contributed by atoms with Gasteiger partial charge in [-0.05, 0) is 69.2 Å². The molecule has 0 aliphatic carbocycles. The number of nitrogens with zero attached hydrogens (tertiary/aromatic N) is 2. The number of carbonyl (C=O) groups excluding carboxylic acids is 1. The fourth-order valence-electron chi connectivity index (χ4n) is 4.17. The second-order valence-corrected chi connectivity index (χ2v) is 10.9. The van der Waals surface area contributed by atoms with E-state index in [-0.39, 0.29) is 33.0 Å². The van der Waals surface area contributed by atoms with Crippen LogP contribution in [0.15, 0.2) is 57.5 Å². The highest BCUT2D eigenvalue weighted by Crippen LogP contribution is 2.35. The van der Waals surface area contributed by atoms with E-state index in [0.717, 1.165) is 11.3 Å². The van der Waals surface area contributed by atoms with Crippen LogP contribution in [0.4, 0.5) is 0 Å². The molecule has 0 bridgehead atoms. The highest BCUT2D eigenvalue weighted by molar-refractivity contribution is 7.07. The Morgan fingerprint density at radius 2 is 1.80 bits per heavy atom. The summed E-state index contributed by atoms with van der Waals surface area (Å²) in [7, 11) is 0. The molecule has 210 valence electrons. The van der Waals surface area contributed by atoms with Crippen LogP contribution >= 0.6 is 34.5 Å². The Bertz CT molecular complexity index is 1650. The topological polar surface area (TPSA) is 116 Å². The number of hydrogen-bond donors (Lipinski definition) is 1. The highest BCUT2D eigenvalue weighted by atomic mass is 35.5. The maximum Gasteiger partial charge on any atom is 0.341 e. The first kappa shape index (κ1) is 29.4. The van der Waals surface area contributed by atoms with Crippen LogP contribution < -0.4 is 24.4 Å². The van der Waals surface area contributed by atoms with E-state index in [4.69, 9.17) is 42.5 Å². The summed E-state index contributed by atoms with van der Waals surface area (Å²) in [4.78, 5) is 42.9. The van der Waals surface area contributed by atoms with Gasteiger partial charge < -0.3 is 19.3 Å². The standard InChI is InChI=1S/C28H26Cl2N2O7S/c1-5-37-18-8-6-17(7-9-18)24-23(27(36)39-14(2)3)15(4)31-28-32(24)26(35)21(40-28)12-16-10-19(29)25(20(30)11-16)38-13-22(33)34/h6-12,14,24H,5,13H2,1-4H3,(H,33,34)/b21-12+/t24-/m0/s1. The van der Waals surface area contributed by atoms with Gasteiger partial charge in [-0.2, -0.15) is 0 Å². The van der Waals surface area contributed by atoms with Gasteiger partial charge in [-0.15, -0.1) is 0 Å². The molecule has 0 saturated heterocycles. The molecule has 9 nitrogen and oxygen atoms in total. The zero-order chi connectivity index (χ0) is 29.1. The van der Waals surface area contributed by atoms with Crippen LogP contribution in [0.2, 0.25) is 10.0 Å². The van der Waals surface area contributed by atoms with Gasteiger partial charge in [-0.1, -0.05) is 46.7 Å². The highest BCUT2D eigenvalue weighted by Gasteiger charge is 2.33. The van der Waals surface area contributed by atoms with Crippen molar-refractivity contribution in [2.75, 3.05) is 13.2 Å². The molecule has 0 radical (unpaired) electrons. The fourth-order valence-corrected chi connectivity index (χ4v) is 5.83. The van der Waals surface area contributed by atoms with Crippen LogP contribution in [-0.2, 0) is 14.3 Å². The molecule has 1 aliphatic rings. The normalized spacial score (nSPS) is 15.1. The van der Waals surface area contributed by atoms with Crippen LogP contribution in [0.5, 0.6) is 11.5 Å². The predicted molar refractivity (Wildman–Crippen MR) is 152 cm³/mol. The number of hydrogen-bond acceptors (Lipinski definition) is 8. The van der Waals surface area contributed by atoms with Gasteiger partial charge in [0.05, 0.1) is 44.6 Å². The van der Waals surface area contributed by atoms with Crippen molar-refractivity contribution in [3.05, 3.63) is 88.5 Å². The van der Waals surface area contributed by atoms with Gasteiger partial charge in [-0.3, -0.25) is 9.36 Å². The van der Waals surface area contributed by atoms with Crippen molar-refractivity contribution < 1.29 is 28.9 Å². The SMILES string of the molecule is CCOc1ccc([C@H]2C(C(=O)OC(C)C)=C(C)N=c3s/c(=C/c4cc(Cl)c(OCC(=O)O)c(Cl)c4)c(=O)n32)cc1. The molecule has 0 fully saturated rings. The number of carboxylic acid groups (broad SMARTS) is 1. The predicted octanol–water partition coefficient (Wildman–Crippen LogP) is 4.36. The number of esters is 1. The molecule has 0 unspecified atom stereocenters. The molecule has 0 saturated carbocycles. The number of allylic oxidation sites excluding steroid dienone is 1. The second kappa shape index (κ2) is 12.3. The summed E-state index contributed by atoms with van der Waals surface area (Å²) < 4.78 is 18.1. The third kappa shape index (κ3) is 6.24. The second-order valence-electron chi connectivity index (χ2n) is 9.03. The molecular formula is C28H26Cl2N2O7S. The van der Waals surface area contributed by atoms with Crippen LogP contribution in [0, 0.1) is 0 Å². The fraction of sp³-hybridized carbons (Fsp3) is 0.286. The Kier molecular flexibility index (Phi) is 9.02. The average molecular weight is 605 g/mol. The summed E-state index contributed by atoms with van der Waals surface area (Å²) in [6.45, 7) is 7.00. The number of carbonyl (C=O) groups is 2. The first-order chi connectivity index (χ1) is 19.0. The van der Waals surface area contributed by atoms with Crippen molar-refractivity contribution in [2.45, 2.75) is 39.8 Å². The maximum atomic E-state index is 13.8. The monoisotopic (exact) mass is 604 g/mol. The van der Waals surface area contributed by atoms with E-state index in [1.54, 1.807) is 39.0 Å². The van der Waals surface area contributed by atoms with Crippen LogP contribution in [0.25, 0.3) is 6.08 Å². The van der Waals surface area contributed by atoms with E-state index in [1.807, 2.05) is 19.1 Å². The van der Waals surface area contributed by atoms with Crippen molar-refractivity contribution >= 4 is 52.6 Å². The van der Waals surface area contributed by atoms with E-state index >= 15 is 0 Å². The summed E-state index contributed by atoms with van der Waals surface area (Å²) in [6, 6.07) is 9.44. The molecule has 4 rings (SSSR count). The third-order valence-electron chi connectivity index (χ3n) is 5.75. The molecular weight excluding hydrogens is 579 g/mol. The van der Waals surface area contributed by atoms with E-state index in [1.165, 1.54) is 16.7 Å². The lowest BCUT2D eigenvalue weighted by molar-refractivity contribution is -0.143. The number of aliphatic carboxylic acids is 1. The lowest BCUT2D eigenvalue weighted by atomic mass is 9.96. The van der Waals surface area contributed by atoms with Crippen molar-refractivity contribution in [1.29, 1.82) is 0 Å². The maximum absolute atomic E-state index is 13.8. The number of thiazole rings is 1. The Hall–Kier alpha value is -3.60. The van der Waals surface area contributed by atoms with Crippen LogP contribution in [0.1, 0.15) is 44.9 Å². The van der Waals surface area contributed by atoms with Crippen molar-refractivity contribution in [3.8, 4) is 11.5 Å². The summed E-state index contributed by atoms with van der Waals surface area (Å²) in [5.74, 6) is -1.04. The van der Waals surface area contributed by atoms with Gasteiger partial charge in [0, 0.05) is 0 Å². The minimum Gasteiger partial charge on any atom is -0.494 e. The van der Waals surface area contributed by atoms with Crippen molar-refractivity contribution in [1.82, 2.24) is 4.57 Å². The molecule has 1 aromatic heterocycles.